The molecule has 2 aromatic rings. The molecule has 0 aliphatic carbocycles. The van der Waals surface area contributed by atoms with Crippen LogP contribution < -0.4 is 0 Å². The first-order valence-corrected chi connectivity index (χ1v) is 8.97. The van der Waals surface area contributed by atoms with E-state index < -0.39 is 0 Å². The maximum Gasteiger partial charge on any atom is 0.102 e. The van der Waals surface area contributed by atoms with Crippen molar-refractivity contribution in [3.8, 4) is 0 Å². The number of rotatable bonds is 7. The zero-order chi connectivity index (χ0) is 17.2. The van der Waals surface area contributed by atoms with Gasteiger partial charge in [0, 0.05) is 19.1 Å². The molecule has 1 saturated heterocycles. The van der Waals surface area contributed by atoms with Crippen LogP contribution >= 0.6 is 0 Å². The van der Waals surface area contributed by atoms with Crippen molar-refractivity contribution >= 4 is 0 Å². The van der Waals surface area contributed by atoms with Gasteiger partial charge in [0.15, 0.2) is 0 Å². The molecule has 1 aliphatic rings. The number of epoxide rings is 1. The van der Waals surface area contributed by atoms with Gasteiger partial charge >= 0.3 is 0 Å². The standard InChI is InChI=1S/C22H29NO/c1-17(2)20(21-22(3,4)24-21)23(15-18-11-7-5-8-12-18)16-19-13-9-6-10-14-19/h5-14,17,20-21H,15-16H2,1-4H3/t20-,21+/m0/s1. The summed E-state index contributed by atoms with van der Waals surface area (Å²) in [4.78, 5) is 2.59. The summed E-state index contributed by atoms with van der Waals surface area (Å²) in [5.74, 6) is 0.546. The first-order chi connectivity index (χ1) is 11.5. The summed E-state index contributed by atoms with van der Waals surface area (Å²) in [6, 6.07) is 21.9. The molecule has 0 saturated carbocycles. The lowest BCUT2D eigenvalue weighted by Crippen LogP contribution is -2.43. The Morgan fingerprint density at radius 1 is 0.875 bits per heavy atom. The van der Waals surface area contributed by atoms with E-state index in [4.69, 9.17) is 4.74 Å². The molecule has 2 heteroatoms. The van der Waals surface area contributed by atoms with Crippen LogP contribution in [-0.4, -0.2) is 22.6 Å². The van der Waals surface area contributed by atoms with Crippen LogP contribution in [0.25, 0.3) is 0 Å². The predicted molar refractivity (Wildman–Crippen MR) is 99.7 cm³/mol. The SMILES string of the molecule is CC(C)[C@@H]([C@H]1OC1(C)C)N(Cc1ccccc1)Cc1ccccc1. The fourth-order valence-electron chi connectivity index (χ4n) is 3.64. The van der Waals surface area contributed by atoms with Gasteiger partial charge in [0.1, 0.15) is 6.10 Å². The zero-order valence-electron chi connectivity index (χ0n) is 15.3. The van der Waals surface area contributed by atoms with E-state index in [0.717, 1.165) is 13.1 Å². The van der Waals surface area contributed by atoms with Gasteiger partial charge in [0.2, 0.25) is 0 Å². The maximum atomic E-state index is 6.04. The highest BCUT2D eigenvalue weighted by Crippen LogP contribution is 2.42. The summed E-state index contributed by atoms with van der Waals surface area (Å²) in [6.07, 6.45) is 0.310. The Bertz CT molecular complexity index is 594. The molecule has 2 nitrogen and oxygen atoms in total. The fourth-order valence-corrected chi connectivity index (χ4v) is 3.64. The average Bonchev–Trinajstić information content (AvgIpc) is 3.16. The molecule has 128 valence electrons. The quantitative estimate of drug-likeness (QED) is 0.674. The van der Waals surface area contributed by atoms with Crippen LogP contribution in [0.2, 0.25) is 0 Å². The van der Waals surface area contributed by atoms with Crippen molar-refractivity contribution in [1.82, 2.24) is 4.90 Å². The molecule has 2 atom stereocenters. The molecular formula is C22H29NO. The molecule has 1 heterocycles. The number of hydrogen-bond acceptors (Lipinski definition) is 2. The molecule has 0 N–H and O–H groups in total. The third kappa shape index (κ3) is 4.06. The second-order valence-electron chi connectivity index (χ2n) is 7.75. The van der Waals surface area contributed by atoms with Gasteiger partial charge in [-0.3, -0.25) is 4.90 Å². The highest BCUT2D eigenvalue weighted by molar-refractivity contribution is 5.18. The van der Waals surface area contributed by atoms with Crippen molar-refractivity contribution in [2.75, 3.05) is 0 Å². The van der Waals surface area contributed by atoms with Gasteiger partial charge in [-0.25, -0.2) is 0 Å². The number of nitrogens with zero attached hydrogens (tertiary/aromatic N) is 1. The van der Waals surface area contributed by atoms with Gasteiger partial charge in [-0.1, -0.05) is 74.5 Å². The van der Waals surface area contributed by atoms with Crippen LogP contribution in [0.3, 0.4) is 0 Å². The number of benzene rings is 2. The van der Waals surface area contributed by atoms with Crippen molar-refractivity contribution in [3.05, 3.63) is 71.8 Å². The Labute approximate surface area is 146 Å². The van der Waals surface area contributed by atoms with Crippen molar-refractivity contribution in [3.63, 3.8) is 0 Å². The van der Waals surface area contributed by atoms with Crippen LogP contribution in [0.1, 0.15) is 38.8 Å². The molecule has 2 aromatic carbocycles. The maximum absolute atomic E-state index is 6.04. The lowest BCUT2D eigenvalue weighted by molar-refractivity contribution is 0.108. The smallest absolute Gasteiger partial charge is 0.102 e. The molecule has 24 heavy (non-hydrogen) atoms. The van der Waals surface area contributed by atoms with Gasteiger partial charge in [-0.05, 0) is 30.9 Å². The van der Waals surface area contributed by atoms with E-state index in [1.54, 1.807) is 0 Å². The van der Waals surface area contributed by atoms with Gasteiger partial charge in [-0.15, -0.1) is 0 Å². The van der Waals surface area contributed by atoms with E-state index >= 15 is 0 Å². The Hall–Kier alpha value is -1.64. The average molecular weight is 323 g/mol. The minimum Gasteiger partial charge on any atom is -0.365 e. The van der Waals surface area contributed by atoms with Gasteiger partial charge < -0.3 is 4.74 Å². The van der Waals surface area contributed by atoms with Gasteiger partial charge in [0.05, 0.1) is 5.60 Å². The van der Waals surface area contributed by atoms with Crippen LogP contribution in [0.5, 0.6) is 0 Å². The minimum absolute atomic E-state index is 0.000558. The lowest BCUT2D eigenvalue weighted by atomic mass is 9.92. The molecule has 0 unspecified atom stereocenters. The fraction of sp³-hybridized carbons (Fsp3) is 0.455. The summed E-state index contributed by atoms with van der Waals surface area (Å²) < 4.78 is 6.04. The zero-order valence-corrected chi connectivity index (χ0v) is 15.3. The van der Waals surface area contributed by atoms with Crippen molar-refractivity contribution in [2.45, 2.75) is 58.5 Å². The number of ether oxygens (including phenoxy) is 1. The van der Waals surface area contributed by atoms with Crippen LogP contribution in [0, 0.1) is 5.92 Å². The third-order valence-electron chi connectivity index (χ3n) is 4.93. The summed E-state index contributed by atoms with van der Waals surface area (Å²) >= 11 is 0. The molecule has 0 spiro atoms. The largest absolute Gasteiger partial charge is 0.365 e. The Morgan fingerprint density at radius 2 is 1.29 bits per heavy atom. The van der Waals surface area contributed by atoms with E-state index in [2.05, 4.69) is 93.3 Å². The van der Waals surface area contributed by atoms with E-state index in [-0.39, 0.29) is 5.60 Å². The predicted octanol–water partition coefficient (Wildman–Crippen LogP) is 4.89. The van der Waals surface area contributed by atoms with Crippen molar-refractivity contribution in [1.29, 1.82) is 0 Å². The second-order valence-corrected chi connectivity index (χ2v) is 7.75. The van der Waals surface area contributed by atoms with Gasteiger partial charge in [-0.2, -0.15) is 0 Å². The van der Waals surface area contributed by atoms with Crippen LogP contribution in [0.4, 0.5) is 0 Å². The summed E-state index contributed by atoms with van der Waals surface area (Å²) in [5.41, 5.74) is 2.72. The summed E-state index contributed by atoms with van der Waals surface area (Å²) in [6.45, 7) is 10.9. The first-order valence-electron chi connectivity index (χ1n) is 8.97. The molecule has 0 amide bonds. The monoisotopic (exact) mass is 323 g/mol. The Balaban J connectivity index is 1.85. The minimum atomic E-state index is 0.000558. The molecule has 1 aliphatic heterocycles. The summed E-state index contributed by atoms with van der Waals surface area (Å²) in [5, 5.41) is 0. The van der Waals surface area contributed by atoms with E-state index in [1.165, 1.54) is 11.1 Å². The van der Waals surface area contributed by atoms with E-state index in [9.17, 15) is 0 Å². The van der Waals surface area contributed by atoms with E-state index in [0.29, 0.717) is 18.1 Å². The molecule has 0 aromatic heterocycles. The number of hydrogen-bond donors (Lipinski definition) is 0. The highest BCUT2D eigenvalue weighted by atomic mass is 16.6. The van der Waals surface area contributed by atoms with Crippen LogP contribution in [-0.2, 0) is 17.8 Å². The summed E-state index contributed by atoms with van der Waals surface area (Å²) in [7, 11) is 0. The molecule has 1 fully saturated rings. The van der Waals surface area contributed by atoms with Gasteiger partial charge in [0.25, 0.3) is 0 Å². The normalized spacial score (nSPS) is 20.3. The first kappa shape index (κ1) is 17.2. The topological polar surface area (TPSA) is 15.8 Å². The second kappa shape index (κ2) is 7.08. The van der Waals surface area contributed by atoms with Crippen molar-refractivity contribution < 1.29 is 4.74 Å². The van der Waals surface area contributed by atoms with Crippen molar-refractivity contribution in [2.24, 2.45) is 5.92 Å². The third-order valence-corrected chi connectivity index (χ3v) is 4.93. The molecular weight excluding hydrogens is 294 g/mol. The van der Waals surface area contributed by atoms with Crippen LogP contribution in [0.15, 0.2) is 60.7 Å². The molecule has 0 radical (unpaired) electrons. The molecule has 0 bridgehead atoms. The molecule has 3 rings (SSSR count). The van der Waals surface area contributed by atoms with E-state index in [1.807, 2.05) is 0 Å². The Kier molecular flexibility index (Phi) is 5.07. The Morgan fingerprint density at radius 3 is 1.62 bits per heavy atom. The highest BCUT2D eigenvalue weighted by Gasteiger charge is 2.54. The lowest BCUT2D eigenvalue weighted by Gasteiger charge is -2.34.